The Morgan fingerprint density at radius 2 is 2.29 bits per heavy atom. The van der Waals surface area contributed by atoms with Gasteiger partial charge in [0.15, 0.2) is 4.60 Å². The molecule has 0 aliphatic carbocycles. The normalized spacial score (nSPS) is 22.2. The van der Waals surface area contributed by atoms with Crippen molar-refractivity contribution in [1.29, 1.82) is 0 Å². The van der Waals surface area contributed by atoms with Gasteiger partial charge in [-0.2, -0.15) is 4.31 Å². The lowest BCUT2D eigenvalue weighted by molar-refractivity contribution is 0.213. The largest absolute Gasteiger partial charge is 0.395 e. The summed E-state index contributed by atoms with van der Waals surface area (Å²) in [4.78, 5) is 0. The van der Waals surface area contributed by atoms with Crippen molar-refractivity contribution in [3.05, 3.63) is 4.60 Å². The Hall–Kier alpha value is -0.510. The van der Waals surface area contributed by atoms with Crippen LogP contribution in [0.5, 0.6) is 0 Å². The zero-order valence-electron chi connectivity index (χ0n) is 9.24. The van der Waals surface area contributed by atoms with Crippen LogP contribution in [0.15, 0.2) is 9.63 Å². The highest BCUT2D eigenvalue weighted by molar-refractivity contribution is 9.10. The highest BCUT2D eigenvalue weighted by atomic mass is 79.9. The molecule has 1 fully saturated rings. The van der Waals surface area contributed by atoms with Crippen molar-refractivity contribution in [2.24, 2.45) is 7.05 Å². The van der Waals surface area contributed by atoms with Gasteiger partial charge >= 0.3 is 0 Å². The van der Waals surface area contributed by atoms with Crippen molar-refractivity contribution >= 4 is 26.0 Å². The lowest BCUT2D eigenvalue weighted by Gasteiger charge is -2.21. The third kappa shape index (κ3) is 2.12. The predicted octanol–water partition coefficient (Wildman–Crippen LogP) is -0.277. The van der Waals surface area contributed by atoms with E-state index in [9.17, 15) is 13.5 Å². The van der Waals surface area contributed by atoms with Crippen LogP contribution >= 0.6 is 15.9 Å². The van der Waals surface area contributed by atoms with Crippen molar-refractivity contribution in [2.75, 3.05) is 13.2 Å². The van der Waals surface area contributed by atoms with Crippen molar-refractivity contribution in [3.8, 4) is 0 Å². The Morgan fingerprint density at radius 1 is 1.59 bits per heavy atom. The number of hydrogen-bond donors (Lipinski definition) is 1. The van der Waals surface area contributed by atoms with Crippen molar-refractivity contribution in [1.82, 2.24) is 19.3 Å². The maximum atomic E-state index is 12.4. The van der Waals surface area contributed by atoms with Crippen LogP contribution in [0.1, 0.15) is 12.8 Å². The Kier molecular flexibility index (Phi) is 3.53. The quantitative estimate of drug-likeness (QED) is 0.826. The summed E-state index contributed by atoms with van der Waals surface area (Å²) in [5, 5.41) is 16.5. The average Bonchev–Trinajstić information content (AvgIpc) is 2.85. The molecule has 0 spiro atoms. The van der Waals surface area contributed by atoms with E-state index in [1.807, 2.05) is 0 Å². The fourth-order valence-corrected chi connectivity index (χ4v) is 4.74. The zero-order valence-corrected chi connectivity index (χ0v) is 11.6. The van der Waals surface area contributed by atoms with Crippen LogP contribution < -0.4 is 0 Å². The van der Waals surface area contributed by atoms with Crippen molar-refractivity contribution in [3.63, 3.8) is 0 Å². The Bertz CT molecular complexity index is 495. The molecule has 96 valence electrons. The fraction of sp³-hybridized carbons (Fsp3) is 0.750. The Morgan fingerprint density at radius 3 is 2.82 bits per heavy atom. The summed E-state index contributed by atoms with van der Waals surface area (Å²) in [6.07, 6.45) is 1.44. The van der Waals surface area contributed by atoms with Gasteiger partial charge in [-0.25, -0.2) is 13.1 Å². The molecule has 0 aromatic carbocycles. The Labute approximate surface area is 108 Å². The lowest BCUT2D eigenvalue weighted by Crippen LogP contribution is -2.38. The summed E-state index contributed by atoms with van der Waals surface area (Å²) in [5.41, 5.74) is 0. The van der Waals surface area contributed by atoms with E-state index in [0.717, 1.165) is 6.42 Å². The van der Waals surface area contributed by atoms with Crippen LogP contribution in [0.2, 0.25) is 0 Å². The molecule has 1 aromatic rings. The summed E-state index contributed by atoms with van der Waals surface area (Å²) in [6, 6.07) is -0.346. The second-order valence-electron chi connectivity index (χ2n) is 3.90. The van der Waals surface area contributed by atoms with Crippen LogP contribution in [0.3, 0.4) is 0 Å². The van der Waals surface area contributed by atoms with Crippen molar-refractivity contribution in [2.45, 2.75) is 23.9 Å². The molecule has 1 atom stereocenters. The molecule has 1 unspecified atom stereocenters. The van der Waals surface area contributed by atoms with Gasteiger partial charge in [0.2, 0.25) is 5.03 Å². The first kappa shape index (κ1) is 12.9. The smallest absolute Gasteiger partial charge is 0.263 e. The number of sulfonamides is 1. The molecule has 2 rings (SSSR count). The van der Waals surface area contributed by atoms with Crippen LogP contribution in [0.25, 0.3) is 0 Å². The number of halogens is 1. The van der Waals surface area contributed by atoms with E-state index in [-0.39, 0.29) is 22.3 Å². The number of aliphatic hydroxyl groups is 1. The summed E-state index contributed by atoms with van der Waals surface area (Å²) >= 11 is 3.08. The second-order valence-corrected chi connectivity index (χ2v) is 6.46. The van der Waals surface area contributed by atoms with Gasteiger partial charge < -0.3 is 5.11 Å². The van der Waals surface area contributed by atoms with Gasteiger partial charge in [0.1, 0.15) is 0 Å². The summed E-state index contributed by atoms with van der Waals surface area (Å²) in [5.74, 6) is 0. The second kappa shape index (κ2) is 4.63. The molecular weight excluding hydrogens is 312 g/mol. The molecule has 7 nitrogen and oxygen atoms in total. The van der Waals surface area contributed by atoms with Crippen molar-refractivity contribution < 1.29 is 13.5 Å². The fourth-order valence-electron chi connectivity index (χ4n) is 2.02. The topological polar surface area (TPSA) is 88.3 Å². The number of aromatic nitrogens is 3. The molecule has 1 N–H and O–H groups in total. The van der Waals surface area contributed by atoms with Gasteiger partial charge in [-0.05, 0) is 28.8 Å². The highest BCUT2D eigenvalue weighted by Gasteiger charge is 2.38. The van der Waals surface area contributed by atoms with Crippen LogP contribution in [0.4, 0.5) is 0 Å². The molecule has 0 amide bonds. The first-order valence-corrected chi connectivity index (χ1v) is 7.39. The van der Waals surface area contributed by atoms with Gasteiger partial charge in [-0.3, -0.25) is 0 Å². The molecular formula is C8H13BrN4O3S. The minimum Gasteiger partial charge on any atom is -0.395 e. The zero-order chi connectivity index (χ0) is 12.6. The maximum absolute atomic E-state index is 12.4. The molecule has 1 saturated heterocycles. The number of aryl methyl sites for hydroxylation is 1. The predicted molar refractivity (Wildman–Crippen MR) is 62.7 cm³/mol. The molecule has 1 aliphatic heterocycles. The van der Waals surface area contributed by atoms with Crippen LogP contribution in [-0.4, -0.2) is 52.0 Å². The van der Waals surface area contributed by atoms with E-state index in [0.29, 0.717) is 13.0 Å². The number of nitrogens with zero attached hydrogens (tertiary/aromatic N) is 4. The minimum absolute atomic E-state index is 0.0258. The molecule has 0 bridgehead atoms. The third-order valence-electron chi connectivity index (χ3n) is 2.82. The first-order valence-electron chi connectivity index (χ1n) is 5.16. The summed E-state index contributed by atoms with van der Waals surface area (Å²) < 4.78 is 27.5. The maximum Gasteiger partial charge on any atom is 0.263 e. The molecule has 17 heavy (non-hydrogen) atoms. The summed E-state index contributed by atoms with van der Waals surface area (Å²) in [6.45, 7) is 0.257. The van der Waals surface area contributed by atoms with E-state index in [2.05, 4.69) is 26.2 Å². The summed E-state index contributed by atoms with van der Waals surface area (Å²) in [7, 11) is -2.13. The minimum atomic E-state index is -3.65. The van der Waals surface area contributed by atoms with Gasteiger partial charge in [-0.15, -0.1) is 5.10 Å². The SMILES string of the molecule is Cn1nnc(Br)c1S(=O)(=O)N1CCCC1CO. The number of hydrogen-bond acceptors (Lipinski definition) is 5. The Balaban J connectivity index is 2.43. The molecule has 2 heterocycles. The van der Waals surface area contributed by atoms with E-state index in [4.69, 9.17) is 0 Å². The van der Waals surface area contributed by atoms with Gasteiger partial charge in [0.25, 0.3) is 10.0 Å². The van der Waals surface area contributed by atoms with Crippen LogP contribution in [0, 0.1) is 0 Å². The van der Waals surface area contributed by atoms with E-state index < -0.39 is 10.0 Å². The van der Waals surface area contributed by atoms with Crippen LogP contribution in [-0.2, 0) is 17.1 Å². The van der Waals surface area contributed by atoms with Gasteiger partial charge in [-0.1, -0.05) is 5.21 Å². The first-order chi connectivity index (χ1) is 7.98. The molecule has 1 aliphatic rings. The van der Waals surface area contributed by atoms with E-state index in [1.165, 1.54) is 16.0 Å². The van der Waals surface area contributed by atoms with E-state index >= 15 is 0 Å². The third-order valence-corrected chi connectivity index (χ3v) is 5.67. The molecule has 1 aromatic heterocycles. The molecule has 0 saturated carbocycles. The standard InChI is InChI=1S/C8H13BrN4O3S/c1-12-8(7(9)10-11-12)17(15,16)13-4-2-3-6(13)5-14/h6,14H,2-5H2,1H3. The monoisotopic (exact) mass is 324 g/mol. The average molecular weight is 325 g/mol. The molecule has 0 radical (unpaired) electrons. The van der Waals surface area contributed by atoms with E-state index in [1.54, 1.807) is 0 Å². The van der Waals surface area contributed by atoms with Gasteiger partial charge in [0.05, 0.1) is 6.61 Å². The molecule has 9 heteroatoms. The number of aliphatic hydroxyl groups excluding tert-OH is 1. The highest BCUT2D eigenvalue weighted by Crippen LogP contribution is 2.28. The van der Waals surface area contributed by atoms with Gasteiger partial charge in [0, 0.05) is 19.6 Å². The lowest BCUT2D eigenvalue weighted by atomic mass is 10.2. The number of rotatable bonds is 3.